The van der Waals surface area contributed by atoms with E-state index < -0.39 is 5.97 Å². The van der Waals surface area contributed by atoms with E-state index >= 15 is 0 Å². The fourth-order valence-corrected chi connectivity index (χ4v) is 0.987. The third kappa shape index (κ3) is 3.79. The number of carbonyl (C=O) groups excluding carboxylic acids is 1. The third-order valence-corrected chi connectivity index (χ3v) is 1.80. The summed E-state index contributed by atoms with van der Waals surface area (Å²) in [6, 6.07) is 9.01. The van der Waals surface area contributed by atoms with Crippen molar-refractivity contribution in [1.82, 2.24) is 0 Å². The second-order valence-corrected chi connectivity index (χ2v) is 2.88. The topological polar surface area (TPSA) is 59.3 Å². The molecule has 0 heterocycles. The number of hydrogen-bond acceptors (Lipinski definition) is 4. The Morgan fingerprint density at radius 2 is 2.07 bits per heavy atom. The Kier molecular flexibility index (Phi) is 4.32. The van der Waals surface area contributed by atoms with Crippen molar-refractivity contribution < 1.29 is 14.3 Å². The minimum Gasteiger partial charge on any atom is -0.467 e. The van der Waals surface area contributed by atoms with E-state index in [0.717, 1.165) is 5.56 Å². The lowest BCUT2D eigenvalue weighted by atomic mass is 10.2. The number of carbonyl (C=O) groups is 1. The molecular formula is C11H11NO3. The van der Waals surface area contributed by atoms with Crippen LogP contribution < -0.4 is 0 Å². The average molecular weight is 205 g/mol. The normalized spacial score (nSPS) is 9.33. The Labute approximate surface area is 88.0 Å². The van der Waals surface area contributed by atoms with Crippen molar-refractivity contribution in [3.63, 3.8) is 0 Å². The smallest absolute Gasteiger partial charge is 0.331 e. The molecule has 0 amide bonds. The lowest BCUT2D eigenvalue weighted by molar-refractivity contribution is -0.146. The molecule has 1 aromatic carbocycles. The van der Waals surface area contributed by atoms with E-state index in [1.165, 1.54) is 7.11 Å². The van der Waals surface area contributed by atoms with E-state index in [1.807, 2.05) is 6.07 Å². The molecule has 1 rings (SSSR count). The van der Waals surface area contributed by atoms with Gasteiger partial charge in [0.15, 0.2) is 0 Å². The second kappa shape index (κ2) is 5.78. The van der Waals surface area contributed by atoms with Gasteiger partial charge in [-0.3, -0.25) is 0 Å². The quantitative estimate of drug-likeness (QED) is 0.694. The molecule has 0 saturated heterocycles. The summed E-state index contributed by atoms with van der Waals surface area (Å²) in [4.78, 5) is 10.7. The van der Waals surface area contributed by atoms with Gasteiger partial charge in [-0.05, 0) is 17.7 Å². The summed E-state index contributed by atoms with van der Waals surface area (Å²) in [5.74, 6) is -0.399. The van der Waals surface area contributed by atoms with Gasteiger partial charge in [0.1, 0.15) is 6.61 Å². The van der Waals surface area contributed by atoms with Crippen LogP contribution in [0.1, 0.15) is 11.1 Å². The van der Waals surface area contributed by atoms with E-state index in [9.17, 15) is 4.79 Å². The highest BCUT2D eigenvalue weighted by Gasteiger charge is 2.00. The number of nitriles is 1. The predicted octanol–water partition coefficient (Wildman–Crippen LogP) is 1.25. The van der Waals surface area contributed by atoms with Gasteiger partial charge in [-0.25, -0.2) is 4.79 Å². The molecule has 0 aliphatic rings. The van der Waals surface area contributed by atoms with E-state index in [0.29, 0.717) is 12.2 Å². The molecule has 4 heteroatoms. The summed E-state index contributed by atoms with van der Waals surface area (Å²) in [6.45, 7) is 0.275. The molecule has 0 unspecified atom stereocenters. The SMILES string of the molecule is COC(=O)COCc1ccc(C#N)cc1. The largest absolute Gasteiger partial charge is 0.467 e. The zero-order valence-corrected chi connectivity index (χ0v) is 8.40. The Bertz CT molecular complexity index is 364. The molecule has 0 atom stereocenters. The molecule has 0 aliphatic heterocycles. The second-order valence-electron chi connectivity index (χ2n) is 2.88. The molecule has 0 radical (unpaired) electrons. The molecule has 78 valence electrons. The zero-order chi connectivity index (χ0) is 11.1. The van der Waals surface area contributed by atoms with Crippen molar-refractivity contribution in [2.45, 2.75) is 6.61 Å². The highest BCUT2D eigenvalue weighted by atomic mass is 16.6. The first-order valence-corrected chi connectivity index (χ1v) is 4.40. The average Bonchev–Trinajstić information content (AvgIpc) is 2.29. The molecule has 0 saturated carbocycles. The van der Waals surface area contributed by atoms with Crippen LogP contribution in [0.3, 0.4) is 0 Å². The molecule has 0 spiro atoms. The van der Waals surface area contributed by atoms with E-state index in [2.05, 4.69) is 4.74 Å². The molecule has 1 aromatic rings. The van der Waals surface area contributed by atoms with Crippen molar-refractivity contribution in [1.29, 1.82) is 5.26 Å². The van der Waals surface area contributed by atoms with Gasteiger partial charge in [-0.15, -0.1) is 0 Å². The minimum atomic E-state index is -0.399. The van der Waals surface area contributed by atoms with Crippen LogP contribution in [0.15, 0.2) is 24.3 Å². The van der Waals surface area contributed by atoms with Gasteiger partial charge >= 0.3 is 5.97 Å². The van der Waals surface area contributed by atoms with Gasteiger partial charge in [-0.2, -0.15) is 5.26 Å². The molecule has 0 bridgehead atoms. The van der Waals surface area contributed by atoms with Crippen LogP contribution >= 0.6 is 0 Å². The van der Waals surface area contributed by atoms with Gasteiger partial charge in [0, 0.05) is 0 Å². The Morgan fingerprint density at radius 1 is 1.40 bits per heavy atom. The Morgan fingerprint density at radius 3 is 2.60 bits per heavy atom. The van der Waals surface area contributed by atoms with E-state index in [-0.39, 0.29) is 6.61 Å². The maximum absolute atomic E-state index is 10.7. The highest BCUT2D eigenvalue weighted by molar-refractivity contribution is 5.70. The van der Waals surface area contributed by atoms with E-state index in [4.69, 9.17) is 10.00 Å². The standard InChI is InChI=1S/C11H11NO3/c1-14-11(13)8-15-7-10-4-2-9(6-12)3-5-10/h2-5H,7-8H2,1H3. The van der Waals surface area contributed by atoms with Crippen molar-refractivity contribution in [3.05, 3.63) is 35.4 Å². The van der Waals surface area contributed by atoms with Crippen LogP contribution in [0.4, 0.5) is 0 Å². The molecule has 0 fully saturated rings. The summed E-state index contributed by atoms with van der Waals surface area (Å²) in [5.41, 5.74) is 1.52. The van der Waals surface area contributed by atoms with Gasteiger partial charge in [0.2, 0.25) is 0 Å². The number of rotatable bonds is 4. The van der Waals surface area contributed by atoms with Gasteiger partial charge < -0.3 is 9.47 Å². The number of hydrogen-bond donors (Lipinski definition) is 0. The summed E-state index contributed by atoms with van der Waals surface area (Å²) in [5, 5.41) is 8.57. The zero-order valence-electron chi connectivity index (χ0n) is 8.40. The van der Waals surface area contributed by atoms with Crippen LogP contribution in [-0.4, -0.2) is 19.7 Å². The Balaban J connectivity index is 2.38. The van der Waals surface area contributed by atoms with Crippen LogP contribution in [0, 0.1) is 11.3 Å². The lowest BCUT2D eigenvalue weighted by Crippen LogP contribution is -2.09. The van der Waals surface area contributed by atoms with Crippen molar-refractivity contribution in [3.8, 4) is 6.07 Å². The number of benzene rings is 1. The van der Waals surface area contributed by atoms with Crippen LogP contribution in [0.25, 0.3) is 0 Å². The van der Waals surface area contributed by atoms with Gasteiger partial charge in [0.05, 0.1) is 25.3 Å². The molecule has 0 N–H and O–H groups in total. The predicted molar refractivity (Wildman–Crippen MR) is 52.8 cm³/mol. The summed E-state index contributed by atoms with van der Waals surface area (Å²) in [6.07, 6.45) is 0. The molecule has 15 heavy (non-hydrogen) atoms. The first-order chi connectivity index (χ1) is 7.26. The fraction of sp³-hybridized carbons (Fsp3) is 0.273. The third-order valence-electron chi connectivity index (χ3n) is 1.80. The van der Waals surface area contributed by atoms with Crippen molar-refractivity contribution >= 4 is 5.97 Å². The monoisotopic (exact) mass is 205 g/mol. The summed E-state index contributed by atoms with van der Waals surface area (Å²) in [7, 11) is 1.31. The van der Waals surface area contributed by atoms with Crippen molar-refractivity contribution in [2.75, 3.05) is 13.7 Å². The molecule has 0 aromatic heterocycles. The number of ether oxygens (including phenoxy) is 2. The van der Waals surface area contributed by atoms with Crippen LogP contribution in [0.2, 0.25) is 0 Å². The Hall–Kier alpha value is -1.86. The highest BCUT2D eigenvalue weighted by Crippen LogP contribution is 2.04. The van der Waals surface area contributed by atoms with Crippen molar-refractivity contribution in [2.24, 2.45) is 0 Å². The fourth-order valence-electron chi connectivity index (χ4n) is 0.987. The molecule has 4 nitrogen and oxygen atoms in total. The number of nitrogens with zero attached hydrogens (tertiary/aromatic N) is 1. The minimum absolute atomic E-state index is 0.0590. The summed E-state index contributed by atoms with van der Waals surface area (Å²) < 4.78 is 9.51. The molecular weight excluding hydrogens is 194 g/mol. The van der Waals surface area contributed by atoms with E-state index in [1.54, 1.807) is 24.3 Å². The number of esters is 1. The maximum atomic E-state index is 10.7. The van der Waals surface area contributed by atoms with Gasteiger partial charge in [0.25, 0.3) is 0 Å². The molecule has 0 aliphatic carbocycles. The summed E-state index contributed by atoms with van der Waals surface area (Å²) >= 11 is 0. The maximum Gasteiger partial charge on any atom is 0.331 e. The van der Waals surface area contributed by atoms with Gasteiger partial charge in [-0.1, -0.05) is 12.1 Å². The number of methoxy groups -OCH3 is 1. The van der Waals surface area contributed by atoms with Crippen LogP contribution in [-0.2, 0) is 20.9 Å². The van der Waals surface area contributed by atoms with Crippen LogP contribution in [0.5, 0.6) is 0 Å². The first-order valence-electron chi connectivity index (χ1n) is 4.40. The first kappa shape index (κ1) is 11.2. The lowest BCUT2D eigenvalue weighted by Gasteiger charge is -2.02.